The number of hydrogen-bond donors (Lipinski definition) is 0. The molecule has 0 atom stereocenters. The van der Waals surface area contributed by atoms with Crippen molar-refractivity contribution in [3.63, 3.8) is 0 Å². The van der Waals surface area contributed by atoms with E-state index < -0.39 is 6.36 Å². The predicted octanol–water partition coefficient (Wildman–Crippen LogP) is 5.64. The molecule has 0 aromatic heterocycles. The van der Waals surface area contributed by atoms with E-state index in [4.69, 9.17) is 23.2 Å². The van der Waals surface area contributed by atoms with Gasteiger partial charge in [-0.15, -0.1) is 24.8 Å². The average Bonchev–Trinajstić information content (AvgIpc) is 2.37. The van der Waals surface area contributed by atoms with Crippen molar-refractivity contribution in [2.45, 2.75) is 12.2 Å². The lowest BCUT2D eigenvalue weighted by atomic mass is 9.99. The molecule has 0 saturated heterocycles. The molecule has 6 heteroatoms. The van der Waals surface area contributed by atoms with Crippen molar-refractivity contribution in [2.24, 2.45) is 0 Å². The highest BCUT2D eigenvalue weighted by atomic mass is 35.5. The van der Waals surface area contributed by atoms with Gasteiger partial charge in [-0.05, 0) is 17.7 Å². The lowest BCUT2D eigenvalue weighted by Gasteiger charge is -2.16. The van der Waals surface area contributed by atoms with Gasteiger partial charge in [0.15, 0.2) is 0 Å². The highest BCUT2D eigenvalue weighted by Crippen LogP contribution is 2.39. The molecular formula is C14H9Cl2F3O. The molecule has 0 fully saturated rings. The summed E-state index contributed by atoms with van der Waals surface area (Å²) < 4.78 is 41.4. The van der Waals surface area contributed by atoms with Crippen molar-refractivity contribution in [1.82, 2.24) is 0 Å². The minimum absolute atomic E-state index is 0.135. The van der Waals surface area contributed by atoms with E-state index in [9.17, 15) is 13.2 Å². The zero-order chi connectivity index (χ0) is 14.8. The summed E-state index contributed by atoms with van der Waals surface area (Å²) in [7, 11) is 0. The standard InChI is InChI=1S/C14H9Cl2F3O/c15-8-9-4-3-6-11(16)13(9)10-5-1-2-7-12(10)20-14(17,18)19/h1-7H,8H2. The fourth-order valence-corrected chi connectivity index (χ4v) is 2.39. The Bertz CT molecular complexity index is 612. The van der Waals surface area contributed by atoms with Gasteiger partial charge in [0.1, 0.15) is 5.75 Å². The molecule has 0 unspecified atom stereocenters. The third-order valence-corrected chi connectivity index (χ3v) is 3.23. The number of hydrogen-bond acceptors (Lipinski definition) is 1. The highest BCUT2D eigenvalue weighted by Gasteiger charge is 2.32. The number of para-hydroxylation sites is 1. The fraction of sp³-hybridized carbons (Fsp3) is 0.143. The Kier molecular flexibility index (Phi) is 4.45. The third-order valence-electron chi connectivity index (χ3n) is 2.63. The van der Waals surface area contributed by atoms with E-state index in [1.807, 2.05) is 0 Å². The molecule has 0 aliphatic heterocycles. The summed E-state index contributed by atoms with van der Waals surface area (Å²) in [5, 5.41) is 0.321. The molecule has 2 aromatic carbocycles. The van der Waals surface area contributed by atoms with Crippen LogP contribution in [0.15, 0.2) is 42.5 Å². The second-order valence-corrected chi connectivity index (χ2v) is 4.63. The zero-order valence-corrected chi connectivity index (χ0v) is 11.6. The lowest BCUT2D eigenvalue weighted by molar-refractivity contribution is -0.274. The maximum absolute atomic E-state index is 12.4. The summed E-state index contributed by atoms with van der Waals surface area (Å²) in [6, 6.07) is 10.8. The largest absolute Gasteiger partial charge is 0.573 e. The van der Waals surface area contributed by atoms with E-state index in [0.717, 1.165) is 0 Å². The van der Waals surface area contributed by atoms with E-state index in [1.165, 1.54) is 18.2 Å². The summed E-state index contributed by atoms with van der Waals surface area (Å²) in [6.07, 6.45) is -4.77. The summed E-state index contributed by atoms with van der Waals surface area (Å²) in [5.74, 6) is -0.171. The number of halogens is 5. The Hall–Kier alpha value is -1.39. The molecule has 0 aliphatic rings. The van der Waals surface area contributed by atoms with Crippen LogP contribution in [0.3, 0.4) is 0 Å². The topological polar surface area (TPSA) is 9.23 Å². The van der Waals surface area contributed by atoms with Gasteiger partial charge in [-0.3, -0.25) is 0 Å². The Labute approximate surface area is 123 Å². The number of alkyl halides is 4. The molecule has 0 bridgehead atoms. The molecule has 1 nitrogen and oxygen atoms in total. The molecule has 0 heterocycles. The molecule has 0 aliphatic carbocycles. The first-order valence-corrected chi connectivity index (χ1v) is 6.52. The van der Waals surface area contributed by atoms with Gasteiger partial charge in [0.05, 0.1) is 0 Å². The van der Waals surface area contributed by atoms with Gasteiger partial charge >= 0.3 is 6.36 Å². The van der Waals surface area contributed by atoms with Crippen LogP contribution in [0, 0.1) is 0 Å². The molecule has 0 saturated carbocycles. The van der Waals surface area contributed by atoms with Crippen LogP contribution >= 0.6 is 23.2 Å². The molecule has 2 aromatic rings. The van der Waals surface area contributed by atoms with Crippen molar-refractivity contribution >= 4 is 23.2 Å². The van der Waals surface area contributed by atoms with Gasteiger partial charge in [-0.1, -0.05) is 41.9 Å². The second kappa shape index (κ2) is 5.94. The van der Waals surface area contributed by atoms with Crippen LogP contribution in [0.25, 0.3) is 11.1 Å². The van der Waals surface area contributed by atoms with E-state index in [-0.39, 0.29) is 17.2 Å². The van der Waals surface area contributed by atoms with Crippen LogP contribution in [0.1, 0.15) is 5.56 Å². The molecule has 2 rings (SSSR count). The SMILES string of the molecule is FC(F)(F)Oc1ccccc1-c1c(Cl)cccc1CCl. The van der Waals surface area contributed by atoms with Gasteiger partial charge in [0.2, 0.25) is 0 Å². The van der Waals surface area contributed by atoms with E-state index in [1.54, 1.807) is 24.3 Å². The molecule has 20 heavy (non-hydrogen) atoms. The fourth-order valence-electron chi connectivity index (χ4n) is 1.87. The monoisotopic (exact) mass is 320 g/mol. The molecule has 106 valence electrons. The summed E-state index contributed by atoms with van der Waals surface area (Å²) in [4.78, 5) is 0. The first kappa shape index (κ1) is 15.0. The quantitative estimate of drug-likeness (QED) is 0.664. The van der Waals surface area contributed by atoms with Crippen LogP contribution in [0.2, 0.25) is 5.02 Å². The highest BCUT2D eigenvalue weighted by molar-refractivity contribution is 6.33. The Morgan fingerprint density at radius 3 is 2.35 bits per heavy atom. The molecular weight excluding hydrogens is 312 g/mol. The summed E-state index contributed by atoms with van der Waals surface area (Å²) in [5.41, 5.74) is 1.34. The van der Waals surface area contributed by atoms with Gasteiger partial charge in [-0.25, -0.2) is 0 Å². The number of rotatable bonds is 3. The smallest absolute Gasteiger partial charge is 0.405 e. The Balaban J connectivity index is 2.59. The molecule has 0 amide bonds. The maximum atomic E-state index is 12.4. The van der Waals surface area contributed by atoms with Crippen molar-refractivity contribution in [1.29, 1.82) is 0 Å². The lowest BCUT2D eigenvalue weighted by Crippen LogP contribution is -2.17. The van der Waals surface area contributed by atoms with Crippen LogP contribution in [-0.4, -0.2) is 6.36 Å². The van der Waals surface area contributed by atoms with Gasteiger partial charge < -0.3 is 4.74 Å². The number of ether oxygens (including phenoxy) is 1. The zero-order valence-electron chi connectivity index (χ0n) is 10.0. The molecule has 0 N–H and O–H groups in total. The normalized spacial score (nSPS) is 11.4. The van der Waals surface area contributed by atoms with Crippen LogP contribution < -0.4 is 4.74 Å². The van der Waals surface area contributed by atoms with Gasteiger partial charge in [0.25, 0.3) is 0 Å². The Morgan fingerprint density at radius 1 is 1.00 bits per heavy atom. The van der Waals surface area contributed by atoms with Crippen LogP contribution in [-0.2, 0) is 5.88 Å². The average molecular weight is 321 g/mol. The van der Waals surface area contributed by atoms with Crippen molar-refractivity contribution < 1.29 is 17.9 Å². The van der Waals surface area contributed by atoms with Crippen LogP contribution in [0.4, 0.5) is 13.2 Å². The van der Waals surface area contributed by atoms with Crippen LogP contribution in [0.5, 0.6) is 5.75 Å². The maximum Gasteiger partial charge on any atom is 0.573 e. The van der Waals surface area contributed by atoms with E-state index in [0.29, 0.717) is 16.1 Å². The summed E-state index contributed by atoms with van der Waals surface area (Å²) in [6.45, 7) is 0. The van der Waals surface area contributed by atoms with Crippen molar-refractivity contribution in [3.8, 4) is 16.9 Å². The first-order chi connectivity index (χ1) is 9.42. The minimum atomic E-state index is -4.77. The number of benzene rings is 2. The summed E-state index contributed by atoms with van der Waals surface area (Å²) >= 11 is 11.9. The molecule has 0 radical (unpaired) electrons. The van der Waals surface area contributed by atoms with Gasteiger partial charge in [0, 0.05) is 22.0 Å². The van der Waals surface area contributed by atoms with E-state index >= 15 is 0 Å². The van der Waals surface area contributed by atoms with Gasteiger partial charge in [-0.2, -0.15) is 0 Å². The second-order valence-electron chi connectivity index (χ2n) is 3.95. The minimum Gasteiger partial charge on any atom is -0.405 e. The molecule has 0 spiro atoms. The third kappa shape index (κ3) is 3.38. The van der Waals surface area contributed by atoms with E-state index in [2.05, 4.69) is 4.74 Å². The first-order valence-electron chi connectivity index (χ1n) is 5.61. The Morgan fingerprint density at radius 2 is 1.70 bits per heavy atom. The predicted molar refractivity (Wildman–Crippen MR) is 73.1 cm³/mol. The van der Waals surface area contributed by atoms with Crippen molar-refractivity contribution in [3.05, 3.63) is 53.1 Å². The van der Waals surface area contributed by atoms with Crippen molar-refractivity contribution in [2.75, 3.05) is 0 Å².